The van der Waals surface area contributed by atoms with Crippen molar-refractivity contribution in [1.29, 1.82) is 0 Å². The molecule has 0 atom stereocenters. The Bertz CT molecular complexity index is 291. The van der Waals surface area contributed by atoms with Gasteiger partial charge in [-0.3, -0.25) is 4.98 Å². The van der Waals surface area contributed by atoms with Gasteiger partial charge in [0.1, 0.15) is 0 Å². The van der Waals surface area contributed by atoms with Gasteiger partial charge >= 0.3 is 0 Å². The number of hydrogen-bond donors (Lipinski definition) is 1. The quantitative estimate of drug-likeness (QED) is 0.745. The second kappa shape index (κ2) is 4.75. The van der Waals surface area contributed by atoms with Crippen molar-refractivity contribution in [2.75, 3.05) is 13.1 Å². The highest BCUT2D eigenvalue weighted by molar-refractivity contribution is 5.26. The second-order valence-corrected chi connectivity index (χ2v) is 4.55. The van der Waals surface area contributed by atoms with Gasteiger partial charge in [0.25, 0.3) is 0 Å². The summed E-state index contributed by atoms with van der Waals surface area (Å²) in [5.41, 5.74) is 1.88. The lowest BCUT2D eigenvalue weighted by Gasteiger charge is -2.42. The van der Waals surface area contributed by atoms with E-state index in [1.54, 1.807) is 0 Å². The largest absolute Gasteiger partial charge is 0.316 e. The van der Waals surface area contributed by atoms with Crippen LogP contribution in [0.25, 0.3) is 0 Å². The summed E-state index contributed by atoms with van der Waals surface area (Å²) in [5, 5.41) is 3.56. The zero-order valence-electron chi connectivity index (χ0n) is 9.50. The smallest absolute Gasteiger partial charge is 0.0270 e. The normalized spacial score (nSPS) is 18.5. The van der Waals surface area contributed by atoms with E-state index in [1.807, 2.05) is 12.4 Å². The zero-order valence-corrected chi connectivity index (χ0v) is 9.50. The van der Waals surface area contributed by atoms with Gasteiger partial charge in [0.05, 0.1) is 0 Å². The molecule has 1 aromatic heterocycles. The Balaban J connectivity index is 2.02. The molecule has 0 amide bonds. The molecule has 1 aliphatic rings. The standard InChI is InChI=1S/C13H20N2/c1-2-8-15-11-13(6-3-7-13)12-4-9-14-10-5-12/h4-5,9-10,15H,2-3,6-8,11H2,1H3. The van der Waals surface area contributed by atoms with Crippen molar-refractivity contribution in [2.24, 2.45) is 0 Å². The molecule has 1 heterocycles. The van der Waals surface area contributed by atoms with Crippen molar-refractivity contribution in [3.05, 3.63) is 30.1 Å². The van der Waals surface area contributed by atoms with E-state index in [9.17, 15) is 0 Å². The summed E-state index contributed by atoms with van der Waals surface area (Å²) < 4.78 is 0. The number of hydrogen-bond acceptors (Lipinski definition) is 2. The van der Waals surface area contributed by atoms with Gasteiger partial charge in [-0.1, -0.05) is 13.3 Å². The molecule has 1 aliphatic carbocycles. The van der Waals surface area contributed by atoms with Crippen LogP contribution in [-0.4, -0.2) is 18.1 Å². The van der Waals surface area contributed by atoms with Crippen molar-refractivity contribution in [3.8, 4) is 0 Å². The van der Waals surface area contributed by atoms with E-state index in [-0.39, 0.29) is 0 Å². The SMILES string of the molecule is CCCNCC1(c2ccncc2)CCC1. The van der Waals surface area contributed by atoms with Crippen LogP contribution in [0.3, 0.4) is 0 Å². The molecule has 2 rings (SSSR count). The monoisotopic (exact) mass is 204 g/mol. The molecule has 0 unspecified atom stereocenters. The molecule has 1 aromatic rings. The molecule has 0 aromatic carbocycles. The van der Waals surface area contributed by atoms with E-state index in [1.165, 1.54) is 31.2 Å². The summed E-state index contributed by atoms with van der Waals surface area (Å²) >= 11 is 0. The zero-order chi connectivity index (χ0) is 10.6. The topological polar surface area (TPSA) is 24.9 Å². The molecule has 1 saturated carbocycles. The van der Waals surface area contributed by atoms with Crippen molar-refractivity contribution in [1.82, 2.24) is 10.3 Å². The molecular weight excluding hydrogens is 184 g/mol. The van der Waals surface area contributed by atoms with Gasteiger partial charge in [0, 0.05) is 24.4 Å². The molecular formula is C13H20N2. The molecule has 0 radical (unpaired) electrons. The second-order valence-electron chi connectivity index (χ2n) is 4.55. The predicted octanol–water partition coefficient (Wildman–Crippen LogP) is 2.50. The fourth-order valence-corrected chi connectivity index (χ4v) is 2.38. The molecule has 2 heteroatoms. The Morgan fingerprint density at radius 2 is 2.07 bits per heavy atom. The summed E-state index contributed by atoms with van der Waals surface area (Å²) in [6.45, 7) is 4.48. The highest BCUT2D eigenvalue weighted by Gasteiger charge is 2.37. The van der Waals surface area contributed by atoms with Crippen LogP contribution in [0.15, 0.2) is 24.5 Å². The number of rotatable bonds is 5. The number of nitrogens with zero attached hydrogens (tertiary/aromatic N) is 1. The third-order valence-electron chi connectivity index (χ3n) is 3.49. The lowest BCUT2D eigenvalue weighted by Crippen LogP contribution is -2.44. The first-order valence-electron chi connectivity index (χ1n) is 5.99. The molecule has 2 nitrogen and oxygen atoms in total. The van der Waals surface area contributed by atoms with Gasteiger partial charge in [-0.25, -0.2) is 0 Å². The van der Waals surface area contributed by atoms with Gasteiger partial charge < -0.3 is 5.32 Å². The maximum absolute atomic E-state index is 4.09. The van der Waals surface area contributed by atoms with E-state index >= 15 is 0 Å². The van der Waals surface area contributed by atoms with Crippen LogP contribution in [0.4, 0.5) is 0 Å². The maximum Gasteiger partial charge on any atom is 0.0270 e. The first kappa shape index (κ1) is 10.6. The molecule has 0 saturated heterocycles. The minimum atomic E-state index is 0.415. The predicted molar refractivity (Wildman–Crippen MR) is 62.9 cm³/mol. The summed E-state index contributed by atoms with van der Waals surface area (Å²) in [4.78, 5) is 4.09. The minimum absolute atomic E-state index is 0.415. The lowest BCUT2D eigenvalue weighted by molar-refractivity contribution is 0.234. The molecule has 15 heavy (non-hydrogen) atoms. The summed E-state index contributed by atoms with van der Waals surface area (Å²) in [6, 6.07) is 4.35. The Kier molecular flexibility index (Phi) is 3.37. The van der Waals surface area contributed by atoms with Crippen LogP contribution >= 0.6 is 0 Å². The van der Waals surface area contributed by atoms with Crippen molar-refractivity contribution >= 4 is 0 Å². The third-order valence-corrected chi connectivity index (χ3v) is 3.49. The molecule has 1 fully saturated rings. The molecule has 0 aliphatic heterocycles. The fraction of sp³-hybridized carbons (Fsp3) is 0.615. The van der Waals surface area contributed by atoms with Crippen LogP contribution in [0.2, 0.25) is 0 Å². The number of nitrogens with one attached hydrogen (secondary N) is 1. The van der Waals surface area contributed by atoms with Crippen LogP contribution in [0, 0.1) is 0 Å². The van der Waals surface area contributed by atoms with Gasteiger partial charge in [0.2, 0.25) is 0 Å². The third kappa shape index (κ3) is 2.20. The molecule has 1 N–H and O–H groups in total. The van der Waals surface area contributed by atoms with E-state index in [0.717, 1.165) is 13.1 Å². The van der Waals surface area contributed by atoms with Gasteiger partial charge in [-0.05, 0) is 43.5 Å². The van der Waals surface area contributed by atoms with Crippen molar-refractivity contribution in [3.63, 3.8) is 0 Å². The molecule has 0 bridgehead atoms. The van der Waals surface area contributed by atoms with Crippen LogP contribution in [-0.2, 0) is 5.41 Å². The Morgan fingerprint density at radius 3 is 2.60 bits per heavy atom. The lowest BCUT2D eigenvalue weighted by atomic mass is 9.64. The number of aromatic nitrogens is 1. The van der Waals surface area contributed by atoms with E-state index in [0.29, 0.717) is 5.41 Å². The summed E-state index contributed by atoms with van der Waals surface area (Å²) in [5.74, 6) is 0. The van der Waals surface area contributed by atoms with Crippen molar-refractivity contribution < 1.29 is 0 Å². The first-order valence-corrected chi connectivity index (χ1v) is 5.99. The van der Waals surface area contributed by atoms with E-state index in [2.05, 4.69) is 29.4 Å². The van der Waals surface area contributed by atoms with Crippen LogP contribution in [0.1, 0.15) is 38.2 Å². The molecule has 0 spiro atoms. The summed E-state index contributed by atoms with van der Waals surface area (Å²) in [7, 11) is 0. The van der Waals surface area contributed by atoms with Gasteiger partial charge in [-0.2, -0.15) is 0 Å². The first-order chi connectivity index (χ1) is 7.37. The van der Waals surface area contributed by atoms with Crippen LogP contribution < -0.4 is 5.32 Å². The Morgan fingerprint density at radius 1 is 1.33 bits per heavy atom. The fourth-order valence-electron chi connectivity index (χ4n) is 2.38. The van der Waals surface area contributed by atoms with Crippen LogP contribution in [0.5, 0.6) is 0 Å². The maximum atomic E-state index is 4.09. The van der Waals surface area contributed by atoms with Crippen molar-refractivity contribution in [2.45, 2.75) is 38.0 Å². The summed E-state index contributed by atoms with van der Waals surface area (Å²) in [6.07, 6.45) is 9.06. The highest BCUT2D eigenvalue weighted by Crippen LogP contribution is 2.42. The van der Waals surface area contributed by atoms with Gasteiger partial charge in [-0.15, -0.1) is 0 Å². The Hall–Kier alpha value is -0.890. The highest BCUT2D eigenvalue weighted by atomic mass is 14.9. The molecule has 82 valence electrons. The average molecular weight is 204 g/mol. The Labute approximate surface area is 92.1 Å². The van der Waals surface area contributed by atoms with E-state index < -0.39 is 0 Å². The van der Waals surface area contributed by atoms with E-state index in [4.69, 9.17) is 0 Å². The minimum Gasteiger partial charge on any atom is -0.316 e. The average Bonchev–Trinajstić information content (AvgIpc) is 2.23. The van der Waals surface area contributed by atoms with Gasteiger partial charge in [0.15, 0.2) is 0 Å². The number of pyridine rings is 1.